The third-order valence-corrected chi connectivity index (χ3v) is 4.79. The average Bonchev–Trinajstić information content (AvgIpc) is 2.69. The molecule has 0 saturated carbocycles. The molecule has 2 atom stereocenters. The molecule has 0 N–H and O–H groups in total. The minimum absolute atomic E-state index is 0.326. The zero-order valence-electron chi connectivity index (χ0n) is 17.9. The summed E-state index contributed by atoms with van der Waals surface area (Å²) in [6.07, 6.45) is 3.34. The summed E-state index contributed by atoms with van der Waals surface area (Å²) >= 11 is 0. The quantitative estimate of drug-likeness (QED) is 0.478. The molecule has 4 heteroatoms. The van der Waals surface area contributed by atoms with E-state index in [4.69, 9.17) is 9.47 Å². The van der Waals surface area contributed by atoms with E-state index in [-0.39, 0.29) is 24.1 Å². The van der Waals surface area contributed by atoms with Crippen LogP contribution in [0.5, 0.6) is 0 Å². The Kier molecular flexibility index (Phi) is 8.91. The molecule has 0 aliphatic heterocycles. The van der Waals surface area contributed by atoms with Gasteiger partial charge in [0.25, 0.3) is 0 Å². The second kappa shape index (κ2) is 11.4. The highest BCUT2D eigenvalue weighted by atomic mass is 16.6. The summed E-state index contributed by atoms with van der Waals surface area (Å²) in [5.41, 5.74) is 3.22. The van der Waals surface area contributed by atoms with Crippen LogP contribution < -0.4 is 0 Å². The van der Waals surface area contributed by atoms with Crippen LogP contribution in [-0.4, -0.2) is 24.1 Å². The van der Waals surface area contributed by atoms with Crippen LogP contribution in [0.3, 0.4) is 0 Å². The van der Waals surface area contributed by atoms with Gasteiger partial charge in [0.15, 0.2) is 0 Å². The number of hydrogen-bond acceptors (Lipinski definition) is 4. The summed E-state index contributed by atoms with van der Waals surface area (Å²) in [5, 5.41) is 0. The predicted octanol–water partition coefficient (Wildman–Crippen LogP) is 5.77. The first-order valence-electron chi connectivity index (χ1n) is 10.5. The Hall–Kier alpha value is -2.62. The zero-order valence-corrected chi connectivity index (χ0v) is 17.9. The van der Waals surface area contributed by atoms with Crippen LogP contribution in [0.2, 0.25) is 0 Å². The highest BCUT2D eigenvalue weighted by Crippen LogP contribution is 2.17. The van der Waals surface area contributed by atoms with Crippen LogP contribution in [0.15, 0.2) is 48.5 Å². The number of esters is 2. The Morgan fingerprint density at radius 3 is 1.48 bits per heavy atom. The molecule has 2 aromatic rings. The lowest BCUT2D eigenvalue weighted by atomic mass is 10.0. The minimum Gasteiger partial charge on any atom is -0.459 e. The molecule has 0 aliphatic carbocycles. The van der Waals surface area contributed by atoms with Crippen molar-refractivity contribution >= 4 is 11.9 Å². The molecule has 0 aromatic heterocycles. The number of hydrogen-bond donors (Lipinski definition) is 0. The molecule has 0 spiro atoms. The Bertz CT molecular complexity index is 744. The number of benzene rings is 2. The molecule has 2 rings (SSSR count). The normalized spacial score (nSPS) is 12.8. The van der Waals surface area contributed by atoms with Crippen LogP contribution in [0.25, 0.3) is 0 Å². The van der Waals surface area contributed by atoms with Crippen LogP contribution in [0, 0.1) is 0 Å². The standard InChI is InChI=1S/C25H32O4/c1-5-11-20-13-7-9-15-22(20)24(26)28-18(3)17-19(4)29-25(27)23-16-10-8-14-21(23)12-6-2/h7-10,13-16,18-19H,5-6,11-12,17H2,1-4H3. The molecule has 4 nitrogen and oxygen atoms in total. The van der Waals surface area contributed by atoms with E-state index in [1.807, 2.05) is 50.2 Å². The van der Waals surface area contributed by atoms with Crippen molar-refractivity contribution in [3.63, 3.8) is 0 Å². The molecule has 0 heterocycles. The Balaban J connectivity index is 1.93. The molecular formula is C25H32O4. The maximum atomic E-state index is 12.6. The van der Waals surface area contributed by atoms with E-state index in [9.17, 15) is 9.59 Å². The number of ether oxygens (including phenoxy) is 2. The molecular weight excluding hydrogens is 364 g/mol. The molecule has 0 fully saturated rings. The van der Waals surface area contributed by atoms with Crippen molar-refractivity contribution in [3.8, 4) is 0 Å². The van der Waals surface area contributed by atoms with Gasteiger partial charge in [0, 0.05) is 6.42 Å². The largest absolute Gasteiger partial charge is 0.459 e. The summed E-state index contributed by atoms with van der Waals surface area (Å²) in [7, 11) is 0. The van der Waals surface area contributed by atoms with Gasteiger partial charge in [0.05, 0.1) is 11.1 Å². The molecule has 156 valence electrons. The van der Waals surface area contributed by atoms with Gasteiger partial charge in [0.1, 0.15) is 12.2 Å². The van der Waals surface area contributed by atoms with E-state index < -0.39 is 0 Å². The number of aryl methyl sites for hydroxylation is 2. The molecule has 0 aliphatic rings. The topological polar surface area (TPSA) is 52.6 Å². The fraction of sp³-hybridized carbons (Fsp3) is 0.440. The second-order valence-corrected chi connectivity index (χ2v) is 7.48. The summed E-state index contributed by atoms with van der Waals surface area (Å²) in [4.78, 5) is 25.1. The summed E-state index contributed by atoms with van der Waals surface area (Å²) in [6, 6.07) is 15.1. The highest BCUT2D eigenvalue weighted by molar-refractivity contribution is 5.91. The van der Waals surface area contributed by atoms with Crippen molar-refractivity contribution in [2.24, 2.45) is 0 Å². The lowest BCUT2D eigenvalue weighted by molar-refractivity contribution is 0.00753. The van der Waals surface area contributed by atoms with Crippen molar-refractivity contribution in [3.05, 3.63) is 70.8 Å². The Morgan fingerprint density at radius 1 is 0.724 bits per heavy atom. The molecule has 0 bridgehead atoms. The molecule has 0 radical (unpaired) electrons. The summed E-state index contributed by atoms with van der Waals surface area (Å²) in [6.45, 7) is 7.82. The van der Waals surface area contributed by atoms with Gasteiger partial charge in [0.2, 0.25) is 0 Å². The molecule has 2 unspecified atom stereocenters. The van der Waals surface area contributed by atoms with Crippen molar-refractivity contribution in [2.45, 2.75) is 72.0 Å². The van der Waals surface area contributed by atoms with Crippen molar-refractivity contribution in [2.75, 3.05) is 0 Å². The summed E-state index contributed by atoms with van der Waals surface area (Å²) in [5.74, 6) is -0.651. The maximum Gasteiger partial charge on any atom is 0.338 e. The molecule has 0 amide bonds. The molecule has 2 aromatic carbocycles. The third kappa shape index (κ3) is 6.74. The van der Waals surface area contributed by atoms with Gasteiger partial charge in [-0.05, 0) is 49.9 Å². The Morgan fingerprint density at radius 2 is 1.10 bits per heavy atom. The van der Waals surface area contributed by atoms with E-state index in [0.29, 0.717) is 17.5 Å². The fourth-order valence-corrected chi connectivity index (χ4v) is 3.47. The van der Waals surface area contributed by atoms with Crippen molar-refractivity contribution in [1.82, 2.24) is 0 Å². The van der Waals surface area contributed by atoms with Gasteiger partial charge < -0.3 is 9.47 Å². The zero-order chi connectivity index (χ0) is 21.2. The van der Waals surface area contributed by atoms with Crippen LogP contribution >= 0.6 is 0 Å². The predicted molar refractivity (Wildman–Crippen MR) is 115 cm³/mol. The lowest BCUT2D eigenvalue weighted by Gasteiger charge is -2.20. The average molecular weight is 397 g/mol. The first-order chi connectivity index (χ1) is 14.0. The van der Waals surface area contributed by atoms with E-state index in [0.717, 1.165) is 36.8 Å². The first-order valence-corrected chi connectivity index (χ1v) is 10.5. The van der Waals surface area contributed by atoms with Gasteiger partial charge in [-0.1, -0.05) is 63.1 Å². The van der Waals surface area contributed by atoms with E-state index in [1.165, 1.54) is 0 Å². The van der Waals surface area contributed by atoms with Gasteiger partial charge in [-0.25, -0.2) is 9.59 Å². The monoisotopic (exact) mass is 396 g/mol. The molecule has 29 heavy (non-hydrogen) atoms. The van der Waals surface area contributed by atoms with Crippen LogP contribution in [0.1, 0.15) is 78.8 Å². The van der Waals surface area contributed by atoms with Crippen molar-refractivity contribution < 1.29 is 19.1 Å². The fourth-order valence-electron chi connectivity index (χ4n) is 3.47. The lowest BCUT2D eigenvalue weighted by Crippen LogP contribution is -2.24. The van der Waals surface area contributed by atoms with Crippen molar-refractivity contribution in [1.29, 1.82) is 0 Å². The highest BCUT2D eigenvalue weighted by Gasteiger charge is 2.20. The van der Waals surface area contributed by atoms with Crippen LogP contribution in [-0.2, 0) is 22.3 Å². The third-order valence-electron chi connectivity index (χ3n) is 4.79. The minimum atomic E-state index is -0.356. The summed E-state index contributed by atoms with van der Waals surface area (Å²) < 4.78 is 11.2. The van der Waals surface area contributed by atoms with Gasteiger partial charge in [-0.2, -0.15) is 0 Å². The van der Waals surface area contributed by atoms with Gasteiger partial charge in [-0.3, -0.25) is 0 Å². The van der Waals surface area contributed by atoms with Gasteiger partial charge in [-0.15, -0.1) is 0 Å². The number of rotatable bonds is 10. The van der Waals surface area contributed by atoms with E-state index in [1.54, 1.807) is 12.1 Å². The smallest absolute Gasteiger partial charge is 0.338 e. The first kappa shape index (κ1) is 22.7. The second-order valence-electron chi connectivity index (χ2n) is 7.48. The van der Waals surface area contributed by atoms with E-state index >= 15 is 0 Å². The van der Waals surface area contributed by atoms with Gasteiger partial charge >= 0.3 is 11.9 Å². The number of carbonyl (C=O) groups is 2. The van der Waals surface area contributed by atoms with E-state index in [2.05, 4.69) is 13.8 Å². The Labute approximate surface area is 174 Å². The maximum absolute atomic E-state index is 12.6. The van der Waals surface area contributed by atoms with Crippen LogP contribution in [0.4, 0.5) is 0 Å². The molecule has 0 saturated heterocycles. The SMILES string of the molecule is CCCc1ccccc1C(=O)OC(C)CC(C)OC(=O)c1ccccc1CCC. The number of carbonyl (C=O) groups excluding carboxylic acids is 2.